The molecule has 0 saturated heterocycles. The predicted octanol–water partition coefficient (Wildman–Crippen LogP) is 2.16. The minimum atomic E-state index is -0.307. The van der Waals surface area contributed by atoms with Gasteiger partial charge in [-0.2, -0.15) is 0 Å². The SMILES string of the molecule is C[C@H](O)Cc1cnc2ccccc2c1. The molecule has 72 valence electrons. The van der Waals surface area contributed by atoms with E-state index in [4.69, 9.17) is 0 Å². The van der Waals surface area contributed by atoms with Crippen molar-refractivity contribution in [3.05, 3.63) is 42.1 Å². The molecule has 0 aliphatic carbocycles. The molecule has 1 aromatic heterocycles. The highest BCUT2D eigenvalue weighted by atomic mass is 16.3. The van der Waals surface area contributed by atoms with Crippen LogP contribution in [0.2, 0.25) is 0 Å². The lowest BCUT2D eigenvalue weighted by molar-refractivity contribution is 0.195. The molecular weight excluding hydrogens is 174 g/mol. The van der Waals surface area contributed by atoms with Crippen molar-refractivity contribution in [2.45, 2.75) is 19.4 Å². The van der Waals surface area contributed by atoms with Gasteiger partial charge in [0, 0.05) is 11.6 Å². The van der Waals surface area contributed by atoms with Crippen LogP contribution in [-0.2, 0) is 6.42 Å². The van der Waals surface area contributed by atoms with E-state index in [2.05, 4.69) is 11.1 Å². The number of rotatable bonds is 2. The standard InChI is InChI=1S/C12H13NO/c1-9(14)6-10-7-11-4-2-3-5-12(11)13-8-10/h2-5,7-9,14H,6H2,1H3/t9-/m0/s1. The Morgan fingerprint density at radius 3 is 2.93 bits per heavy atom. The third kappa shape index (κ3) is 1.91. The van der Waals surface area contributed by atoms with Gasteiger partial charge in [-0.1, -0.05) is 18.2 Å². The number of aliphatic hydroxyl groups excluding tert-OH is 1. The Bertz CT molecular complexity index is 437. The lowest BCUT2D eigenvalue weighted by Crippen LogP contribution is -2.04. The van der Waals surface area contributed by atoms with Crippen LogP contribution in [0.3, 0.4) is 0 Å². The van der Waals surface area contributed by atoms with Gasteiger partial charge in [-0.05, 0) is 31.0 Å². The molecule has 2 rings (SSSR count). The molecule has 1 N–H and O–H groups in total. The topological polar surface area (TPSA) is 33.1 Å². The van der Waals surface area contributed by atoms with Crippen LogP contribution >= 0.6 is 0 Å². The highest BCUT2D eigenvalue weighted by Crippen LogP contribution is 2.13. The van der Waals surface area contributed by atoms with Gasteiger partial charge in [-0.15, -0.1) is 0 Å². The molecule has 0 spiro atoms. The maximum Gasteiger partial charge on any atom is 0.0702 e. The maximum atomic E-state index is 9.25. The average molecular weight is 187 g/mol. The number of hydrogen-bond acceptors (Lipinski definition) is 2. The summed E-state index contributed by atoms with van der Waals surface area (Å²) in [5, 5.41) is 10.4. The summed E-state index contributed by atoms with van der Waals surface area (Å²) >= 11 is 0. The van der Waals surface area contributed by atoms with E-state index >= 15 is 0 Å². The summed E-state index contributed by atoms with van der Waals surface area (Å²) < 4.78 is 0. The third-order valence-electron chi connectivity index (χ3n) is 2.18. The fourth-order valence-corrected chi connectivity index (χ4v) is 1.57. The Morgan fingerprint density at radius 1 is 1.36 bits per heavy atom. The van der Waals surface area contributed by atoms with Crippen molar-refractivity contribution in [3.63, 3.8) is 0 Å². The first-order valence-electron chi connectivity index (χ1n) is 4.77. The molecule has 0 aliphatic heterocycles. The van der Waals surface area contributed by atoms with Crippen LogP contribution in [-0.4, -0.2) is 16.2 Å². The highest BCUT2D eigenvalue weighted by molar-refractivity contribution is 5.78. The van der Waals surface area contributed by atoms with Crippen LogP contribution in [0, 0.1) is 0 Å². The largest absolute Gasteiger partial charge is 0.393 e. The molecule has 1 heterocycles. The Balaban J connectivity index is 2.41. The first-order valence-corrected chi connectivity index (χ1v) is 4.77. The highest BCUT2D eigenvalue weighted by Gasteiger charge is 2.00. The van der Waals surface area contributed by atoms with Gasteiger partial charge >= 0.3 is 0 Å². The van der Waals surface area contributed by atoms with E-state index in [9.17, 15) is 5.11 Å². The molecule has 0 aliphatic rings. The van der Waals surface area contributed by atoms with Crippen molar-refractivity contribution in [1.82, 2.24) is 4.98 Å². The third-order valence-corrected chi connectivity index (χ3v) is 2.18. The number of nitrogens with zero attached hydrogens (tertiary/aromatic N) is 1. The molecular formula is C12H13NO. The van der Waals surface area contributed by atoms with Crippen molar-refractivity contribution in [2.75, 3.05) is 0 Å². The zero-order chi connectivity index (χ0) is 9.97. The first kappa shape index (κ1) is 9.16. The fourth-order valence-electron chi connectivity index (χ4n) is 1.57. The molecule has 1 atom stereocenters. The molecule has 0 saturated carbocycles. The second kappa shape index (κ2) is 3.76. The summed E-state index contributed by atoms with van der Waals surface area (Å²) in [6.07, 6.45) is 2.19. The second-order valence-electron chi connectivity index (χ2n) is 3.59. The summed E-state index contributed by atoms with van der Waals surface area (Å²) in [7, 11) is 0. The van der Waals surface area contributed by atoms with Gasteiger partial charge in [0.1, 0.15) is 0 Å². The smallest absolute Gasteiger partial charge is 0.0702 e. The summed E-state index contributed by atoms with van der Waals surface area (Å²) in [6, 6.07) is 10.1. The van der Waals surface area contributed by atoms with Crippen LogP contribution in [0.1, 0.15) is 12.5 Å². The van der Waals surface area contributed by atoms with Crippen LogP contribution in [0.25, 0.3) is 10.9 Å². The van der Waals surface area contributed by atoms with Crippen molar-refractivity contribution < 1.29 is 5.11 Å². The zero-order valence-electron chi connectivity index (χ0n) is 8.14. The van der Waals surface area contributed by atoms with Crippen molar-refractivity contribution in [3.8, 4) is 0 Å². The van der Waals surface area contributed by atoms with Gasteiger partial charge in [-0.3, -0.25) is 4.98 Å². The van der Waals surface area contributed by atoms with Crippen LogP contribution in [0.15, 0.2) is 36.5 Å². The van der Waals surface area contributed by atoms with E-state index in [0.717, 1.165) is 16.5 Å². The lowest BCUT2D eigenvalue weighted by Gasteiger charge is -2.04. The number of aliphatic hydroxyl groups is 1. The minimum Gasteiger partial charge on any atom is -0.393 e. The van der Waals surface area contributed by atoms with Gasteiger partial charge in [-0.25, -0.2) is 0 Å². The molecule has 14 heavy (non-hydrogen) atoms. The van der Waals surface area contributed by atoms with Crippen molar-refractivity contribution >= 4 is 10.9 Å². The van der Waals surface area contributed by atoms with Gasteiger partial charge < -0.3 is 5.11 Å². The molecule has 1 aromatic carbocycles. The summed E-state index contributed by atoms with van der Waals surface area (Å²) in [5.41, 5.74) is 2.08. The monoisotopic (exact) mass is 187 g/mol. The van der Waals surface area contributed by atoms with E-state index < -0.39 is 0 Å². The predicted molar refractivity (Wildman–Crippen MR) is 57.1 cm³/mol. The molecule has 0 bridgehead atoms. The summed E-state index contributed by atoms with van der Waals surface area (Å²) in [5.74, 6) is 0. The van der Waals surface area contributed by atoms with Crippen LogP contribution in [0.4, 0.5) is 0 Å². The Kier molecular flexibility index (Phi) is 2.46. The van der Waals surface area contributed by atoms with E-state index in [0.29, 0.717) is 6.42 Å². The van der Waals surface area contributed by atoms with Gasteiger partial charge in [0.2, 0.25) is 0 Å². The van der Waals surface area contributed by atoms with Crippen molar-refractivity contribution in [1.29, 1.82) is 0 Å². The number of para-hydroxylation sites is 1. The Morgan fingerprint density at radius 2 is 2.14 bits per heavy atom. The molecule has 2 nitrogen and oxygen atoms in total. The molecule has 0 fully saturated rings. The summed E-state index contributed by atoms with van der Waals surface area (Å²) in [4.78, 5) is 4.32. The lowest BCUT2D eigenvalue weighted by atomic mass is 10.1. The van der Waals surface area contributed by atoms with Gasteiger partial charge in [0.25, 0.3) is 0 Å². The number of hydrogen-bond donors (Lipinski definition) is 1. The van der Waals surface area contributed by atoms with Gasteiger partial charge in [0.05, 0.1) is 11.6 Å². The molecule has 0 unspecified atom stereocenters. The van der Waals surface area contributed by atoms with Crippen LogP contribution < -0.4 is 0 Å². The van der Waals surface area contributed by atoms with E-state index in [1.165, 1.54) is 0 Å². The zero-order valence-corrected chi connectivity index (χ0v) is 8.14. The molecule has 2 aromatic rings. The number of pyridine rings is 1. The van der Waals surface area contributed by atoms with Crippen LogP contribution in [0.5, 0.6) is 0 Å². The second-order valence-corrected chi connectivity index (χ2v) is 3.59. The van der Waals surface area contributed by atoms with E-state index in [1.54, 1.807) is 6.92 Å². The average Bonchev–Trinajstić information content (AvgIpc) is 2.17. The Labute approximate surface area is 83.2 Å². The summed E-state index contributed by atoms with van der Waals surface area (Å²) in [6.45, 7) is 1.79. The normalized spacial score (nSPS) is 13.0. The minimum absolute atomic E-state index is 0.307. The van der Waals surface area contributed by atoms with Crippen molar-refractivity contribution in [2.24, 2.45) is 0 Å². The quantitative estimate of drug-likeness (QED) is 0.781. The van der Waals surface area contributed by atoms with E-state index in [-0.39, 0.29) is 6.10 Å². The fraction of sp³-hybridized carbons (Fsp3) is 0.250. The van der Waals surface area contributed by atoms with Gasteiger partial charge in [0.15, 0.2) is 0 Å². The van der Waals surface area contributed by atoms with E-state index in [1.807, 2.05) is 30.5 Å². The number of benzene rings is 1. The molecule has 0 radical (unpaired) electrons. The number of fused-ring (bicyclic) bond motifs is 1. The maximum absolute atomic E-state index is 9.25. The number of aromatic nitrogens is 1. The molecule has 2 heteroatoms. The first-order chi connectivity index (χ1) is 6.75. The molecule has 0 amide bonds. The Hall–Kier alpha value is -1.41.